The molecule has 0 bridgehead atoms. The molecule has 0 radical (unpaired) electrons. The summed E-state index contributed by atoms with van der Waals surface area (Å²) in [5.74, 6) is -0.592. The third-order valence-corrected chi connectivity index (χ3v) is 3.92. The van der Waals surface area contributed by atoms with Gasteiger partial charge in [-0.15, -0.1) is 0 Å². The molecule has 27 heavy (non-hydrogen) atoms. The van der Waals surface area contributed by atoms with Crippen LogP contribution in [-0.4, -0.2) is 32.7 Å². The summed E-state index contributed by atoms with van der Waals surface area (Å²) in [6.07, 6.45) is 0. The number of anilines is 1. The van der Waals surface area contributed by atoms with Crippen LogP contribution < -0.4 is 20.4 Å². The summed E-state index contributed by atoms with van der Waals surface area (Å²) in [6.45, 7) is 2.49. The van der Waals surface area contributed by atoms with Crippen LogP contribution in [0.3, 0.4) is 0 Å². The summed E-state index contributed by atoms with van der Waals surface area (Å²) in [6, 6.07) is 4.15. The monoisotopic (exact) mass is 395 g/mol. The molecule has 1 amide bonds. The topological polar surface area (TPSA) is 104 Å². The summed E-state index contributed by atoms with van der Waals surface area (Å²) < 4.78 is 20.1. The normalized spacial score (nSPS) is 10.3. The number of halogens is 1. The van der Waals surface area contributed by atoms with Gasteiger partial charge in [-0.05, 0) is 19.4 Å². The second kappa shape index (κ2) is 8.59. The standard InChI is InChI=1S/C18H18ClNO7/c1-9-5-16(22)27-10(2)17(9)18(23)26-8-15(21)20-12-7-13(24-3)11(19)6-14(12)25-4/h5-7H,8H2,1-4H3,(H,20,21). The smallest absolute Gasteiger partial charge is 0.342 e. The highest BCUT2D eigenvalue weighted by Crippen LogP contribution is 2.35. The molecule has 0 unspecified atom stereocenters. The highest BCUT2D eigenvalue weighted by Gasteiger charge is 2.19. The highest BCUT2D eigenvalue weighted by molar-refractivity contribution is 6.32. The molecule has 1 aromatic heterocycles. The summed E-state index contributed by atoms with van der Waals surface area (Å²) in [5, 5.41) is 2.87. The van der Waals surface area contributed by atoms with Crippen LogP contribution in [0.2, 0.25) is 5.02 Å². The van der Waals surface area contributed by atoms with Gasteiger partial charge in [-0.25, -0.2) is 9.59 Å². The minimum atomic E-state index is -0.774. The number of hydrogen-bond donors (Lipinski definition) is 1. The molecule has 0 aliphatic carbocycles. The number of carbonyl (C=O) groups excluding carboxylic acids is 2. The lowest BCUT2D eigenvalue weighted by Gasteiger charge is -2.13. The first-order valence-electron chi connectivity index (χ1n) is 7.76. The van der Waals surface area contributed by atoms with Crippen molar-refractivity contribution in [1.29, 1.82) is 0 Å². The molecule has 0 spiro atoms. The molecule has 144 valence electrons. The molecule has 1 heterocycles. The number of hydrogen-bond acceptors (Lipinski definition) is 7. The van der Waals surface area contributed by atoms with Crippen LogP contribution in [0.1, 0.15) is 21.7 Å². The number of carbonyl (C=O) groups is 2. The molecule has 2 aromatic rings. The Hall–Kier alpha value is -3.00. The molecule has 0 fully saturated rings. The van der Waals surface area contributed by atoms with E-state index in [0.717, 1.165) is 0 Å². The van der Waals surface area contributed by atoms with E-state index >= 15 is 0 Å². The van der Waals surface area contributed by atoms with Crippen LogP contribution in [0.15, 0.2) is 27.4 Å². The molecule has 0 saturated heterocycles. The molecule has 0 atom stereocenters. The number of methoxy groups -OCH3 is 2. The van der Waals surface area contributed by atoms with Crippen molar-refractivity contribution in [3.8, 4) is 11.5 Å². The Balaban J connectivity index is 2.09. The van der Waals surface area contributed by atoms with Crippen molar-refractivity contribution in [2.75, 3.05) is 26.1 Å². The average Bonchev–Trinajstić information content (AvgIpc) is 2.60. The lowest BCUT2D eigenvalue weighted by molar-refractivity contribution is -0.119. The number of benzene rings is 1. The zero-order valence-electron chi connectivity index (χ0n) is 15.2. The second-order valence-corrected chi connectivity index (χ2v) is 5.90. The second-order valence-electron chi connectivity index (χ2n) is 5.49. The Morgan fingerprint density at radius 2 is 1.78 bits per heavy atom. The third-order valence-electron chi connectivity index (χ3n) is 3.62. The molecule has 8 nitrogen and oxygen atoms in total. The first kappa shape index (κ1) is 20.3. The Bertz CT molecular complexity index is 910. The Morgan fingerprint density at radius 3 is 2.37 bits per heavy atom. The molecular formula is C18H18ClNO7. The van der Waals surface area contributed by atoms with Gasteiger partial charge in [0.1, 0.15) is 22.8 Å². The average molecular weight is 396 g/mol. The Morgan fingerprint density at radius 1 is 1.11 bits per heavy atom. The van der Waals surface area contributed by atoms with E-state index in [0.29, 0.717) is 27.8 Å². The van der Waals surface area contributed by atoms with Crippen LogP contribution in [0, 0.1) is 13.8 Å². The molecule has 0 saturated carbocycles. The molecule has 9 heteroatoms. The summed E-state index contributed by atoms with van der Waals surface area (Å²) in [7, 11) is 2.85. The number of amides is 1. The maximum absolute atomic E-state index is 12.2. The maximum atomic E-state index is 12.2. The molecule has 0 aliphatic rings. The van der Waals surface area contributed by atoms with Gasteiger partial charge in [0, 0.05) is 18.2 Å². The van der Waals surface area contributed by atoms with Crippen LogP contribution in [-0.2, 0) is 9.53 Å². The van der Waals surface area contributed by atoms with Crippen LogP contribution in [0.5, 0.6) is 11.5 Å². The van der Waals surface area contributed by atoms with E-state index in [1.165, 1.54) is 39.3 Å². The van der Waals surface area contributed by atoms with Gasteiger partial charge in [-0.1, -0.05) is 11.6 Å². The number of nitrogens with one attached hydrogen (secondary N) is 1. The first-order chi connectivity index (χ1) is 12.8. The number of aryl methyl sites for hydroxylation is 2. The van der Waals surface area contributed by atoms with Gasteiger partial charge >= 0.3 is 11.6 Å². The SMILES string of the molecule is COc1cc(NC(=O)COC(=O)c2c(C)cc(=O)oc2C)c(OC)cc1Cl. The van der Waals surface area contributed by atoms with Crippen molar-refractivity contribution in [2.45, 2.75) is 13.8 Å². The predicted molar refractivity (Wildman–Crippen MR) is 97.9 cm³/mol. The van der Waals surface area contributed by atoms with E-state index in [2.05, 4.69) is 5.32 Å². The van der Waals surface area contributed by atoms with Gasteiger partial charge in [0.2, 0.25) is 0 Å². The van der Waals surface area contributed by atoms with E-state index in [4.69, 9.17) is 30.2 Å². The van der Waals surface area contributed by atoms with Crippen LogP contribution >= 0.6 is 11.6 Å². The molecule has 1 aromatic carbocycles. The van der Waals surface area contributed by atoms with Gasteiger partial charge in [0.25, 0.3) is 5.91 Å². The maximum Gasteiger partial charge on any atom is 0.342 e. The van der Waals surface area contributed by atoms with Crippen molar-refractivity contribution in [3.05, 3.63) is 50.5 Å². The lowest BCUT2D eigenvalue weighted by Crippen LogP contribution is -2.22. The Labute approximate surface area is 160 Å². The van der Waals surface area contributed by atoms with E-state index < -0.39 is 24.1 Å². The fourth-order valence-corrected chi connectivity index (χ4v) is 2.64. The van der Waals surface area contributed by atoms with Gasteiger partial charge < -0.3 is 23.9 Å². The molecule has 2 rings (SSSR count). The van der Waals surface area contributed by atoms with Crippen molar-refractivity contribution in [2.24, 2.45) is 0 Å². The summed E-state index contributed by atoms with van der Waals surface area (Å²) in [5.41, 5.74) is 0.243. The fourth-order valence-electron chi connectivity index (χ4n) is 2.41. The van der Waals surface area contributed by atoms with E-state index in [1.807, 2.05) is 0 Å². The van der Waals surface area contributed by atoms with Gasteiger partial charge in [0.15, 0.2) is 6.61 Å². The third kappa shape index (κ3) is 4.79. The molecule has 1 N–H and O–H groups in total. The molecular weight excluding hydrogens is 378 g/mol. The summed E-state index contributed by atoms with van der Waals surface area (Å²) >= 11 is 6.01. The van der Waals surface area contributed by atoms with E-state index in [-0.39, 0.29) is 11.3 Å². The lowest BCUT2D eigenvalue weighted by atomic mass is 10.1. The number of ether oxygens (including phenoxy) is 3. The fraction of sp³-hybridized carbons (Fsp3) is 0.278. The zero-order chi connectivity index (χ0) is 20.1. The largest absolute Gasteiger partial charge is 0.495 e. The van der Waals surface area contributed by atoms with Crippen molar-refractivity contribution < 1.29 is 28.2 Å². The first-order valence-corrected chi connectivity index (χ1v) is 8.14. The summed E-state index contributed by atoms with van der Waals surface area (Å²) in [4.78, 5) is 35.6. The van der Waals surface area contributed by atoms with Crippen molar-refractivity contribution >= 4 is 29.2 Å². The minimum Gasteiger partial charge on any atom is -0.495 e. The number of rotatable bonds is 6. The van der Waals surface area contributed by atoms with Gasteiger partial charge in [0.05, 0.1) is 24.9 Å². The minimum absolute atomic E-state index is 0.105. The predicted octanol–water partition coefficient (Wildman–Crippen LogP) is 2.72. The highest BCUT2D eigenvalue weighted by atomic mass is 35.5. The van der Waals surface area contributed by atoms with Crippen LogP contribution in [0.25, 0.3) is 0 Å². The van der Waals surface area contributed by atoms with E-state index in [9.17, 15) is 14.4 Å². The van der Waals surface area contributed by atoms with Gasteiger partial charge in [-0.3, -0.25) is 4.79 Å². The van der Waals surface area contributed by atoms with E-state index in [1.54, 1.807) is 6.92 Å². The Kier molecular flexibility index (Phi) is 6.46. The number of esters is 1. The van der Waals surface area contributed by atoms with Crippen molar-refractivity contribution in [3.63, 3.8) is 0 Å². The van der Waals surface area contributed by atoms with Gasteiger partial charge in [-0.2, -0.15) is 0 Å². The zero-order valence-corrected chi connectivity index (χ0v) is 15.9. The quantitative estimate of drug-likeness (QED) is 0.750. The van der Waals surface area contributed by atoms with Crippen LogP contribution in [0.4, 0.5) is 5.69 Å². The van der Waals surface area contributed by atoms with Crippen molar-refractivity contribution in [1.82, 2.24) is 0 Å². The molecule has 0 aliphatic heterocycles.